The molecule has 2 aliphatic heterocycles. The number of aromatic nitrogens is 1. The second kappa shape index (κ2) is 8.84. The molecule has 2 aliphatic rings. The van der Waals surface area contributed by atoms with Crippen molar-refractivity contribution in [1.82, 2.24) is 20.3 Å². The van der Waals surface area contributed by atoms with Gasteiger partial charge in [0.2, 0.25) is 0 Å². The fourth-order valence-corrected chi connectivity index (χ4v) is 3.21. The average molecular weight is 445 g/mol. The van der Waals surface area contributed by atoms with Crippen molar-refractivity contribution >= 4 is 29.9 Å². The molecule has 0 aromatic carbocycles. The molecule has 1 N–H and O–H groups in total. The molecule has 134 valence electrons. The fourth-order valence-electron chi connectivity index (χ4n) is 3.21. The molecule has 3 heterocycles. The molecule has 1 aromatic heterocycles. The molecule has 0 aliphatic carbocycles. The van der Waals surface area contributed by atoms with E-state index in [4.69, 9.17) is 4.52 Å². The van der Waals surface area contributed by atoms with Crippen LogP contribution in [0.4, 0.5) is 0 Å². The second-order valence-corrected chi connectivity index (χ2v) is 6.59. The first-order chi connectivity index (χ1) is 11.2. The standard InChI is InChI=1S/C17H27N5O.HI/c1-13(2)16-10-15(23-20-16)11-19-17(18-3)22-9-6-14(12-22)21-7-4-5-8-21;/h4-5,10,13-14H,6-9,11-12H2,1-3H3,(H,18,19);1H. The van der Waals surface area contributed by atoms with E-state index in [-0.39, 0.29) is 24.0 Å². The number of nitrogens with zero attached hydrogens (tertiary/aromatic N) is 4. The van der Waals surface area contributed by atoms with E-state index in [2.05, 4.69) is 51.3 Å². The summed E-state index contributed by atoms with van der Waals surface area (Å²) in [5, 5.41) is 7.50. The summed E-state index contributed by atoms with van der Waals surface area (Å²) in [6, 6.07) is 2.65. The quantitative estimate of drug-likeness (QED) is 0.334. The number of guanidine groups is 1. The molecule has 0 amide bonds. The molecule has 6 nitrogen and oxygen atoms in total. The molecule has 1 saturated heterocycles. The maximum atomic E-state index is 5.38. The van der Waals surface area contributed by atoms with Crippen molar-refractivity contribution in [3.05, 3.63) is 29.7 Å². The minimum absolute atomic E-state index is 0. The Morgan fingerprint density at radius 3 is 2.79 bits per heavy atom. The van der Waals surface area contributed by atoms with Crippen LogP contribution >= 0.6 is 24.0 Å². The van der Waals surface area contributed by atoms with Crippen LogP contribution in [-0.4, -0.2) is 60.2 Å². The first-order valence-electron chi connectivity index (χ1n) is 8.47. The molecule has 24 heavy (non-hydrogen) atoms. The van der Waals surface area contributed by atoms with Crippen LogP contribution < -0.4 is 5.32 Å². The van der Waals surface area contributed by atoms with Crippen molar-refractivity contribution < 1.29 is 4.52 Å². The summed E-state index contributed by atoms with van der Waals surface area (Å²) >= 11 is 0. The van der Waals surface area contributed by atoms with E-state index in [1.54, 1.807) is 0 Å². The predicted molar refractivity (Wildman–Crippen MR) is 107 cm³/mol. The van der Waals surface area contributed by atoms with Gasteiger partial charge in [0, 0.05) is 45.3 Å². The van der Waals surface area contributed by atoms with Crippen molar-refractivity contribution in [2.24, 2.45) is 4.99 Å². The van der Waals surface area contributed by atoms with E-state index in [1.165, 1.54) is 6.42 Å². The highest BCUT2D eigenvalue weighted by molar-refractivity contribution is 14.0. The highest BCUT2D eigenvalue weighted by Crippen LogP contribution is 2.18. The third-order valence-corrected chi connectivity index (χ3v) is 4.63. The Balaban J connectivity index is 0.00000208. The van der Waals surface area contributed by atoms with E-state index in [1.807, 2.05) is 13.1 Å². The normalized spacial score (nSPS) is 21.6. The molecule has 0 bridgehead atoms. The van der Waals surface area contributed by atoms with Crippen LogP contribution in [-0.2, 0) is 6.54 Å². The third kappa shape index (κ3) is 4.50. The highest BCUT2D eigenvalue weighted by Gasteiger charge is 2.29. The van der Waals surface area contributed by atoms with E-state index < -0.39 is 0 Å². The van der Waals surface area contributed by atoms with E-state index in [0.717, 1.165) is 43.6 Å². The van der Waals surface area contributed by atoms with E-state index in [0.29, 0.717) is 18.5 Å². The highest BCUT2D eigenvalue weighted by atomic mass is 127. The summed E-state index contributed by atoms with van der Waals surface area (Å²) in [6.45, 7) is 9.11. The Kier molecular flexibility index (Phi) is 7.09. The molecular formula is C17H28IN5O. The monoisotopic (exact) mass is 445 g/mol. The Hall–Kier alpha value is -1.09. The van der Waals surface area contributed by atoms with Crippen molar-refractivity contribution in [2.45, 2.75) is 38.8 Å². The number of rotatable bonds is 4. The Morgan fingerprint density at radius 2 is 2.17 bits per heavy atom. The average Bonchev–Trinajstić information content (AvgIpc) is 3.29. The molecule has 3 rings (SSSR count). The van der Waals surface area contributed by atoms with Crippen LogP contribution in [0.15, 0.2) is 27.7 Å². The lowest BCUT2D eigenvalue weighted by Crippen LogP contribution is -2.42. The molecule has 0 radical (unpaired) electrons. The lowest BCUT2D eigenvalue weighted by atomic mass is 10.1. The van der Waals surface area contributed by atoms with Gasteiger partial charge in [-0.3, -0.25) is 9.89 Å². The van der Waals surface area contributed by atoms with Crippen molar-refractivity contribution in [1.29, 1.82) is 0 Å². The predicted octanol–water partition coefficient (Wildman–Crippen LogP) is 2.44. The zero-order valence-corrected chi connectivity index (χ0v) is 17.1. The van der Waals surface area contributed by atoms with Gasteiger partial charge >= 0.3 is 0 Å². The molecule has 1 atom stereocenters. The molecule has 1 unspecified atom stereocenters. The maximum Gasteiger partial charge on any atom is 0.194 e. The minimum Gasteiger partial charge on any atom is -0.359 e. The van der Waals surface area contributed by atoms with Gasteiger partial charge in [-0.15, -0.1) is 24.0 Å². The second-order valence-electron chi connectivity index (χ2n) is 6.59. The van der Waals surface area contributed by atoms with Crippen LogP contribution in [0.25, 0.3) is 0 Å². The molecule has 0 saturated carbocycles. The molecule has 1 aromatic rings. The van der Waals surface area contributed by atoms with Gasteiger partial charge in [-0.2, -0.15) is 0 Å². The lowest BCUT2D eigenvalue weighted by Gasteiger charge is -2.25. The van der Waals surface area contributed by atoms with E-state index >= 15 is 0 Å². The number of likely N-dealkylation sites (tertiary alicyclic amines) is 1. The summed E-state index contributed by atoms with van der Waals surface area (Å²) in [7, 11) is 1.84. The molecule has 7 heteroatoms. The van der Waals surface area contributed by atoms with Crippen LogP contribution in [0.5, 0.6) is 0 Å². The molecular weight excluding hydrogens is 417 g/mol. The van der Waals surface area contributed by atoms with Crippen molar-refractivity contribution in [3.8, 4) is 0 Å². The van der Waals surface area contributed by atoms with Crippen molar-refractivity contribution in [2.75, 3.05) is 33.2 Å². The summed E-state index contributed by atoms with van der Waals surface area (Å²) in [6.07, 6.45) is 5.71. The van der Waals surface area contributed by atoms with Gasteiger partial charge in [0.05, 0.1) is 12.2 Å². The first kappa shape index (κ1) is 19.2. The van der Waals surface area contributed by atoms with Gasteiger partial charge in [-0.1, -0.05) is 31.2 Å². The number of hydrogen-bond acceptors (Lipinski definition) is 4. The van der Waals surface area contributed by atoms with Gasteiger partial charge < -0.3 is 14.7 Å². The van der Waals surface area contributed by atoms with Gasteiger partial charge in [0.1, 0.15) is 0 Å². The Morgan fingerprint density at radius 1 is 1.42 bits per heavy atom. The minimum atomic E-state index is 0. The number of aliphatic imine (C=N–C) groups is 1. The molecule has 0 spiro atoms. The third-order valence-electron chi connectivity index (χ3n) is 4.63. The fraction of sp³-hybridized carbons (Fsp3) is 0.647. The Labute approximate surface area is 161 Å². The smallest absolute Gasteiger partial charge is 0.194 e. The van der Waals surface area contributed by atoms with Gasteiger partial charge in [0.15, 0.2) is 11.7 Å². The van der Waals surface area contributed by atoms with Gasteiger partial charge in [-0.25, -0.2) is 0 Å². The lowest BCUT2D eigenvalue weighted by molar-refractivity contribution is 0.259. The Bertz CT molecular complexity index is 575. The van der Waals surface area contributed by atoms with Crippen LogP contribution in [0.1, 0.15) is 37.6 Å². The largest absolute Gasteiger partial charge is 0.359 e. The van der Waals surface area contributed by atoms with Crippen LogP contribution in [0.3, 0.4) is 0 Å². The topological polar surface area (TPSA) is 56.9 Å². The zero-order chi connectivity index (χ0) is 16.2. The SMILES string of the molecule is CN=C(NCc1cc(C(C)C)no1)N1CCC(N2CC=CC2)C1.I. The maximum absolute atomic E-state index is 5.38. The zero-order valence-electron chi connectivity index (χ0n) is 14.7. The number of hydrogen-bond donors (Lipinski definition) is 1. The molecule has 1 fully saturated rings. The number of halogens is 1. The first-order valence-corrected chi connectivity index (χ1v) is 8.47. The van der Waals surface area contributed by atoms with Crippen LogP contribution in [0, 0.1) is 0 Å². The van der Waals surface area contributed by atoms with Gasteiger partial charge in [-0.05, 0) is 12.3 Å². The van der Waals surface area contributed by atoms with Crippen LogP contribution in [0.2, 0.25) is 0 Å². The number of nitrogens with one attached hydrogen (secondary N) is 1. The summed E-state index contributed by atoms with van der Waals surface area (Å²) < 4.78 is 5.38. The summed E-state index contributed by atoms with van der Waals surface area (Å²) in [5.74, 6) is 2.19. The van der Waals surface area contributed by atoms with Crippen molar-refractivity contribution in [3.63, 3.8) is 0 Å². The summed E-state index contributed by atoms with van der Waals surface area (Å²) in [5.41, 5.74) is 1.000. The van der Waals surface area contributed by atoms with Gasteiger partial charge in [0.25, 0.3) is 0 Å². The summed E-state index contributed by atoms with van der Waals surface area (Å²) in [4.78, 5) is 9.29. The van der Waals surface area contributed by atoms with E-state index in [9.17, 15) is 0 Å².